The number of methoxy groups -OCH3 is 2. The Bertz CT molecular complexity index is 963. The van der Waals surface area contributed by atoms with Gasteiger partial charge < -0.3 is 19.5 Å². The highest BCUT2D eigenvalue weighted by atomic mass is 32.1. The van der Waals surface area contributed by atoms with E-state index in [-0.39, 0.29) is 11.9 Å². The van der Waals surface area contributed by atoms with Gasteiger partial charge in [-0.25, -0.2) is 4.79 Å². The number of fused-ring (bicyclic) bond motifs is 1. The molecule has 0 spiro atoms. The van der Waals surface area contributed by atoms with Crippen molar-refractivity contribution in [1.29, 1.82) is 0 Å². The quantitative estimate of drug-likeness (QED) is 0.467. The molecule has 166 valence electrons. The third-order valence-electron chi connectivity index (χ3n) is 5.22. The summed E-state index contributed by atoms with van der Waals surface area (Å²) in [4.78, 5) is 26.5. The molecular formula is C24H29NO5S. The molecule has 0 atom stereocenters. The van der Waals surface area contributed by atoms with Gasteiger partial charge in [-0.2, -0.15) is 0 Å². The Kier molecular flexibility index (Phi) is 8.12. The smallest absolute Gasteiger partial charge is 0.341 e. The molecule has 0 saturated carbocycles. The van der Waals surface area contributed by atoms with E-state index in [1.54, 1.807) is 39.4 Å². The number of thiophene rings is 1. The van der Waals surface area contributed by atoms with E-state index in [2.05, 4.69) is 5.32 Å². The number of nitrogens with one attached hydrogen (secondary N) is 1. The van der Waals surface area contributed by atoms with Crippen LogP contribution in [-0.2, 0) is 22.4 Å². The van der Waals surface area contributed by atoms with Gasteiger partial charge in [0.05, 0.1) is 26.4 Å². The van der Waals surface area contributed by atoms with Crippen molar-refractivity contribution in [3.05, 3.63) is 45.8 Å². The second-order valence-corrected chi connectivity index (χ2v) is 8.38. The monoisotopic (exact) mass is 443 g/mol. The molecule has 0 bridgehead atoms. The number of esters is 1. The van der Waals surface area contributed by atoms with Gasteiger partial charge in [0.25, 0.3) is 0 Å². The summed E-state index contributed by atoms with van der Waals surface area (Å²) in [6, 6.07) is 5.42. The van der Waals surface area contributed by atoms with Gasteiger partial charge in [-0.05, 0) is 61.9 Å². The third-order valence-corrected chi connectivity index (χ3v) is 6.43. The van der Waals surface area contributed by atoms with E-state index < -0.39 is 0 Å². The van der Waals surface area contributed by atoms with Crippen LogP contribution < -0.4 is 14.8 Å². The highest BCUT2D eigenvalue weighted by Crippen LogP contribution is 2.37. The average Bonchev–Trinajstić information content (AvgIpc) is 3.08. The van der Waals surface area contributed by atoms with Crippen LogP contribution in [0.2, 0.25) is 0 Å². The Hall–Kier alpha value is -2.80. The van der Waals surface area contributed by atoms with Crippen molar-refractivity contribution in [2.75, 3.05) is 26.1 Å². The van der Waals surface area contributed by atoms with Crippen LogP contribution in [0.5, 0.6) is 11.5 Å². The van der Waals surface area contributed by atoms with Crippen LogP contribution >= 0.6 is 11.3 Å². The first-order chi connectivity index (χ1) is 15.1. The Labute approximate surface area is 187 Å². The van der Waals surface area contributed by atoms with Gasteiger partial charge >= 0.3 is 5.97 Å². The summed E-state index contributed by atoms with van der Waals surface area (Å²) in [5.41, 5.74) is 2.37. The van der Waals surface area contributed by atoms with Gasteiger partial charge in [-0.1, -0.05) is 18.9 Å². The first-order valence-electron chi connectivity index (χ1n) is 10.6. The summed E-state index contributed by atoms with van der Waals surface area (Å²) in [7, 11) is 3.14. The molecule has 2 aromatic rings. The van der Waals surface area contributed by atoms with Crippen LogP contribution in [0.3, 0.4) is 0 Å². The van der Waals surface area contributed by atoms with E-state index in [9.17, 15) is 9.59 Å². The predicted molar refractivity (Wildman–Crippen MR) is 123 cm³/mol. The second-order valence-electron chi connectivity index (χ2n) is 7.28. The summed E-state index contributed by atoms with van der Waals surface area (Å²) in [5.74, 6) is 0.557. The number of hydrogen-bond acceptors (Lipinski definition) is 6. The van der Waals surface area contributed by atoms with Gasteiger partial charge in [-0.3, -0.25) is 4.79 Å². The summed E-state index contributed by atoms with van der Waals surface area (Å²) >= 11 is 1.50. The lowest BCUT2D eigenvalue weighted by molar-refractivity contribution is -0.111. The van der Waals surface area contributed by atoms with Crippen LogP contribution in [0.1, 0.15) is 59.0 Å². The van der Waals surface area contributed by atoms with E-state index in [1.807, 2.05) is 6.07 Å². The van der Waals surface area contributed by atoms with E-state index in [4.69, 9.17) is 14.2 Å². The molecule has 0 radical (unpaired) electrons. The Morgan fingerprint density at radius 1 is 1.06 bits per heavy atom. The van der Waals surface area contributed by atoms with E-state index in [0.717, 1.165) is 43.2 Å². The average molecular weight is 444 g/mol. The number of carbonyl (C=O) groups is 2. The van der Waals surface area contributed by atoms with Crippen molar-refractivity contribution >= 4 is 34.3 Å². The van der Waals surface area contributed by atoms with Crippen molar-refractivity contribution in [3.8, 4) is 11.5 Å². The Morgan fingerprint density at radius 3 is 2.52 bits per heavy atom. The fourth-order valence-electron chi connectivity index (χ4n) is 3.71. The standard InChI is InChI=1S/C24H29NO5S/c1-4-30-24(27)22-17-9-7-5-6-8-10-20(17)31-23(22)25-21(26)14-12-16-11-13-18(28-2)19(15-16)29-3/h11-15H,4-10H2,1-3H3,(H,25,26)/b14-12-. The number of benzene rings is 1. The molecule has 1 heterocycles. The van der Waals surface area contributed by atoms with E-state index >= 15 is 0 Å². The predicted octanol–water partition coefficient (Wildman–Crippen LogP) is 5.25. The van der Waals surface area contributed by atoms with Gasteiger partial charge in [0, 0.05) is 11.0 Å². The molecule has 3 rings (SSSR count). The van der Waals surface area contributed by atoms with E-state index in [1.165, 1.54) is 28.7 Å². The number of amides is 1. The first kappa shape index (κ1) is 22.9. The van der Waals surface area contributed by atoms with Crippen LogP contribution in [-0.4, -0.2) is 32.7 Å². The molecule has 1 aromatic heterocycles. The van der Waals surface area contributed by atoms with Gasteiger partial charge in [-0.15, -0.1) is 11.3 Å². The molecule has 0 fully saturated rings. The minimum atomic E-state index is -0.361. The second kappa shape index (κ2) is 11.0. The van der Waals surface area contributed by atoms with Crippen molar-refractivity contribution in [1.82, 2.24) is 0 Å². The number of aryl methyl sites for hydroxylation is 1. The summed E-state index contributed by atoms with van der Waals surface area (Å²) in [5, 5.41) is 3.48. The lowest BCUT2D eigenvalue weighted by Gasteiger charge is -2.11. The molecule has 1 aromatic carbocycles. The maximum atomic E-state index is 12.7. The Balaban J connectivity index is 1.82. The maximum Gasteiger partial charge on any atom is 0.341 e. The lowest BCUT2D eigenvalue weighted by atomic mass is 9.96. The fourth-order valence-corrected chi connectivity index (χ4v) is 4.99. The van der Waals surface area contributed by atoms with Crippen LogP contribution in [0.25, 0.3) is 6.08 Å². The maximum absolute atomic E-state index is 12.7. The van der Waals surface area contributed by atoms with Gasteiger partial charge in [0.2, 0.25) is 5.91 Å². The molecule has 0 saturated heterocycles. The van der Waals surface area contributed by atoms with E-state index in [0.29, 0.717) is 28.7 Å². The first-order valence-corrected chi connectivity index (χ1v) is 11.4. The summed E-state index contributed by atoms with van der Waals surface area (Å²) in [6.07, 6.45) is 9.43. The van der Waals surface area contributed by atoms with Crippen molar-refractivity contribution < 1.29 is 23.8 Å². The molecule has 1 amide bonds. The number of carbonyl (C=O) groups excluding carboxylic acids is 2. The zero-order valence-corrected chi connectivity index (χ0v) is 19.1. The lowest BCUT2D eigenvalue weighted by Crippen LogP contribution is -2.13. The molecule has 7 heteroatoms. The van der Waals surface area contributed by atoms with Gasteiger partial charge in [0.15, 0.2) is 11.5 Å². The molecule has 0 aliphatic heterocycles. The van der Waals surface area contributed by atoms with Crippen molar-refractivity contribution in [3.63, 3.8) is 0 Å². The Morgan fingerprint density at radius 2 is 1.81 bits per heavy atom. The van der Waals surface area contributed by atoms with Crippen LogP contribution in [0.4, 0.5) is 5.00 Å². The molecule has 1 aliphatic carbocycles. The highest BCUT2D eigenvalue weighted by molar-refractivity contribution is 7.17. The number of ether oxygens (including phenoxy) is 3. The largest absolute Gasteiger partial charge is 0.493 e. The molecule has 1 aliphatic rings. The minimum Gasteiger partial charge on any atom is -0.493 e. The molecule has 0 unspecified atom stereocenters. The molecular weight excluding hydrogens is 414 g/mol. The number of anilines is 1. The topological polar surface area (TPSA) is 73.9 Å². The number of rotatable bonds is 7. The SMILES string of the molecule is CCOC(=O)c1c(NC(=O)/C=C\c2ccc(OC)c(OC)c2)sc2c1CCCCCC2. The zero-order valence-electron chi connectivity index (χ0n) is 18.3. The zero-order chi connectivity index (χ0) is 22.2. The molecule has 1 N–H and O–H groups in total. The molecule has 31 heavy (non-hydrogen) atoms. The normalized spacial score (nSPS) is 13.8. The fraction of sp³-hybridized carbons (Fsp3) is 0.417. The van der Waals surface area contributed by atoms with Crippen LogP contribution in [0.15, 0.2) is 24.3 Å². The van der Waals surface area contributed by atoms with Crippen molar-refractivity contribution in [2.45, 2.75) is 45.4 Å². The van der Waals surface area contributed by atoms with Crippen molar-refractivity contribution in [2.24, 2.45) is 0 Å². The third kappa shape index (κ3) is 5.67. The van der Waals surface area contributed by atoms with Crippen LogP contribution in [0, 0.1) is 0 Å². The molecule has 6 nitrogen and oxygen atoms in total. The highest BCUT2D eigenvalue weighted by Gasteiger charge is 2.25. The number of hydrogen-bond donors (Lipinski definition) is 1. The summed E-state index contributed by atoms with van der Waals surface area (Å²) < 4.78 is 15.8. The van der Waals surface area contributed by atoms with Gasteiger partial charge in [0.1, 0.15) is 5.00 Å². The minimum absolute atomic E-state index is 0.297. The summed E-state index contributed by atoms with van der Waals surface area (Å²) in [6.45, 7) is 2.09.